The Balaban J connectivity index is 1.10. The van der Waals surface area contributed by atoms with Crippen molar-refractivity contribution in [2.24, 2.45) is 0 Å². The topological polar surface area (TPSA) is 73.3 Å². The van der Waals surface area contributed by atoms with Crippen LogP contribution in [0.5, 0.6) is 23.0 Å². The van der Waals surface area contributed by atoms with Gasteiger partial charge in [0.2, 0.25) is 0 Å². The van der Waals surface area contributed by atoms with E-state index in [0.29, 0.717) is 11.5 Å². The van der Waals surface area contributed by atoms with Crippen LogP contribution in [0.2, 0.25) is 0 Å². The Labute approximate surface area is 322 Å². The number of hydrogen-bond donors (Lipinski definition) is 0. The highest BCUT2D eigenvalue weighted by molar-refractivity contribution is 5.97. The standard InChI is InChI=1S/C49H29N5O2/c1-2-12-30(13-3-1)54-40-20-7-9-22-43(40)56-48-41(54)26-24-37-47(48)55-42-21-8-6-17-34(42)49(37)35-18-11-27-51-45(35)46-36(49)23-25-38(53-46)32-15-5-4-14-31(32)33-16-10-19-39-44(33)52-29-28-50-39/h1-29H. The molecule has 0 amide bonds. The summed E-state index contributed by atoms with van der Waals surface area (Å²) in [6.07, 6.45) is 5.33. The van der Waals surface area contributed by atoms with Crippen LogP contribution in [0.25, 0.3) is 44.8 Å². The fraction of sp³-hybridized carbons (Fsp3) is 0.0204. The quantitative estimate of drug-likeness (QED) is 0.180. The summed E-state index contributed by atoms with van der Waals surface area (Å²) in [5.74, 6) is 2.85. The minimum absolute atomic E-state index is 0.662. The highest BCUT2D eigenvalue weighted by Gasteiger charge is 2.54. The fourth-order valence-electron chi connectivity index (χ4n) is 9.03. The highest BCUT2D eigenvalue weighted by atomic mass is 16.5. The van der Waals surface area contributed by atoms with E-state index in [1.807, 2.05) is 60.8 Å². The molecule has 0 radical (unpaired) electrons. The van der Waals surface area contributed by atoms with Crippen molar-refractivity contribution in [2.75, 3.05) is 4.90 Å². The van der Waals surface area contributed by atoms with E-state index < -0.39 is 5.41 Å². The van der Waals surface area contributed by atoms with Crippen molar-refractivity contribution in [3.63, 3.8) is 0 Å². The van der Waals surface area contributed by atoms with Gasteiger partial charge >= 0.3 is 0 Å². The minimum atomic E-state index is -0.785. The maximum Gasteiger partial charge on any atom is 0.194 e. The molecule has 0 saturated carbocycles. The predicted octanol–water partition coefficient (Wildman–Crippen LogP) is 11.8. The lowest BCUT2D eigenvalue weighted by Crippen LogP contribution is -2.33. The summed E-state index contributed by atoms with van der Waals surface area (Å²) in [6, 6.07) is 54.3. The molecule has 1 aliphatic carbocycles. The number of benzene rings is 6. The largest absolute Gasteiger partial charge is 0.453 e. The first-order valence-corrected chi connectivity index (χ1v) is 18.6. The zero-order valence-corrected chi connectivity index (χ0v) is 29.8. The van der Waals surface area contributed by atoms with Crippen molar-refractivity contribution in [3.05, 3.63) is 199 Å². The molecule has 9 aromatic rings. The van der Waals surface area contributed by atoms with Crippen molar-refractivity contribution in [3.8, 4) is 56.8 Å². The van der Waals surface area contributed by atoms with Gasteiger partial charge in [-0.15, -0.1) is 0 Å². The molecule has 1 atom stereocenters. The summed E-state index contributed by atoms with van der Waals surface area (Å²) < 4.78 is 13.9. The molecule has 262 valence electrons. The average Bonchev–Trinajstić information content (AvgIpc) is 3.55. The summed E-state index contributed by atoms with van der Waals surface area (Å²) in [5.41, 5.74) is 13.5. The van der Waals surface area contributed by atoms with Crippen molar-refractivity contribution < 1.29 is 9.47 Å². The molecule has 0 fully saturated rings. The molecule has 7 nitrogen and oxygen atoms in total. The van der Waals surface area contributed by atoms with Crippen molar-refractivity contribution in [1.29, 1.82) is 0 Å². The molecule has 2 aliphatic heterocycles. The lowest BCUT2D eigenvalue weighted by Gasteiger charge is -2.41. The molecule has 12 rings (SSSR count). The zero-order chi connectivity index (χ0) is 36.8. The highest BCUT2D eigenvalue weighted by Crippen LogP contribution is 2.65. The molecule has 0 saturated heterocycles. The molecule has 0 N–H and O–H groups in total. The van der Waals surface area contributed by atoms with Gasteiger partial charge in [-0.05, 0) is 71.3 Å². The Morgan fingerprint density at radius 2 is 1.14 bits per heavy atom. The maximum atomic E-state index is 6.98. The fourth-order valence-corrected chi connectivity index (χ4v) is 9.03. The number of anilines is 3. The van der Waals surface area contributed by atoms with Crippen molar-refractivity contribution in [2.45, 2.75) is 5.41 Å². The van der Waals surface area contributed by atoms with Gasteiger partial charge in [0, 0.05) is 46.5 Å². The maximum absolute atomic E-state index is 6.98. The molecule has 5 heterocycles. The van der Waals surface area contributed by atoms with Crippen LogP contribution < -0.4 is 14.4 Å². The number of aromatic nitrogens is 4. The lowest BCUT2D eigenvalue weighted by molar-refractivity contribution is 0.391. The minimum Gasteiger partial charge on any atom is -0.453 e. The van der Waals surface area contributed by atoms with Gasteiger partial charge in [0.05, 0.1) is 44.9 Å². The Bertz CT molecular complexity index is 3070. The third kappa shape index (κ3) is 4.16. The molecule has 3 aromatic heterocycles. The van der Waals surface area contributed by atoms with Crippen LogP contribution >= 0.6 is 0 Å². The van der Waals surface area contributed by atoms with E-state index in [1.165, 1.54) is 0 Å². The van der Waals surface area contributed by atoms with Gasteiger partial charge in [0.1, 0.15) is 5.75 Å². The van der Waals surface area contributed by atoms with Crippen LogP contribution in [0.15, 0.2) is 176 Å². The van der Waals surface area contributed by atoms with Gasteiger partial charge in [-0.3, -0.25) is 15.0 Å². The summed E-state index contributed by atoms with van der Waals surface area (Å²) in [5, 5.41) is 0. The number of hydrogen-bond acceptors (Lipinski definition) is 7. The summed E-state index contributed by atoms with van der Waals surface area (Å²) in [6.45, 7) is 0. The second-order valence-electron chi connectivity index (χ2n) is 14.1. The Morgan fingerprint density at radius 1 is 0.429 bits per heavy atom. The third-order valence-electron chi connectivity index (χ3n) is 11.3. The lowest BCUT2D eigenvalue weighted by atomic mass is 9.66. The van der Waals surface area contributed by atoms with Crippen LogP contribution in [-0.2, 0) is 5.41 Å². The molecule has 0 bridgehead atoms. The monoisotopic (exact) mass is 719 g/mol. The van der Waals surface area contributed by atoms with Crippen molar-refractivity contribution in [1.82, 2.24) is 19.9 Å². The molecule has 7 heteroatoms. The second kappa shape index (κ2) is 11.7. The molecule has 1 spiro atoms. The van der Waals surface area contributed by atoms with Crippen LogP contribution in [0.3, 0.4) is 0 Å². The second-order valence-corrected chi connectivity index (χ2v) is 14.1. The SMILES string of the molecule is c1ccc(N2c3ccccc3Oc3c2ccc2c3Oc3ccccc3C23c2cccnc2-c2nc(-c4ccccc4-c4cccc5nccnc45)ccc23)cc1. The van der Waals surface area contributed by atoms with Crippen LogP contribution in [0.4, 0.5) is 17.1 Å². The first-order chi connectivity index (χ1) is 27.8. The first kappa shape index (κ1) is 30.8. The molecule has 3 aliphatic rings. The van der Waals surface area contributed by atoms with Gasteiger partial charge in [-0.2, -0.15) is 0 Å². The van der Waals surface area contributed by atoms with Gasteiger partial charge in [-0.1, -0.05) is 103 Å². The van der Waals surface area contributed by atoms with Gasteiger partial charge < -0.3 is 14.4 Å². The predicted molar refractivity (Wildman–Crippen MR) is 218 cm³/mol. The number of ether oxygens (including phenoxy) is 2. The van der Waals surface area contributed by atoms with E-state index in [2.05, 4.69) is 113 Å². The molecular weight excluding hydrogens is 691 g/mol. The van der Waals surface area contributed by atoms with E-state index in [-0.39, 0.29) is 0 Å². The molecule has 56 heavy (non-hydrogen) atoms. The number of nitrogens with zero attached hydrogens (tertiary/aromatic N) is 5. The van der Waals surface area contributed by atoms with Crippen LogP contribution in [0, 0.1) is 0 Å². The summed E-state index contributed by atoms with van der Waals surface area (Å²) >= 11 is 0. The van der Waals surface area contributed by atoms with Gasteiger partial charge in [0.15, 0.2) is 17.2 Å². The molecule has 6 aromatic carbocycles. The molecular formula is C49H29N5O2. The van der Waals surface area contributed by atoms with Crippen LogP contribution in [0.1, 0.15) is 22.3 Å². The average molecular weight is 720 g/mol. The van der Waals surface area contributed by atoms with E-state index in [0.717, 1.165) is 95.6 Å². The van der Waals surface area contributed by atoms with Gasteiger partial charge in [0.25, 0.3) is 0 Å². The molecule has 1 unspecified atom stereocenters. The summed E-state index contributed by atoms with van der Waals surface area (Å²) in [7, 11) is 0. The van der Waals surface area contributed by atoms with Crippen LogP contribution in [-0.4, -0.2) is 19.9 Å². The van der Waals surface area contributed by atoms with E-state index in [1.54, 1.807) is 12.4 Å². The van der Waals surface area contributed by atoms with E-state index in [9.17, 15) is 0 Å². The normalized spacial score (nSPS) is 15.5. The van der Waals surface area contributed by atoms with Gasteiger partial charge in [-0.25, -0.2) is 4.98 Å². The first-order valence-electron chi connectivity index (χ1n) is 18.6. The Morgan fingerprint density at radius 3 is 2.07 bits per heavy atom. The number of para-hydroxylation sites is 5. The number of pyridine rings is 2. The Hall–Kier alpha value is -7.64. The third-order valence-corrected chi connectivity index (χ3v) is 11.3. The smallest absolute Gasteiger partial charge is 0.194 e. The number of fused-ring (bicyclic) bond motifs is 13. The number of rotatable bonds is 3. The van der Waals surface area contributed by atoms with E-state index in [4.69, 9.17) is 24.4 Å². The zero-order valence-electron chi connectivity index (χ0n) is 29.8. The Kier molecular flexibility index (Phi) is 6.42. The van der Waals surface area contributed by atoms with Crippen molar-refractivity contribution >= 4 is 28.1 Å². The summed E-state index contributed by atoms with van der Waals surface area (Å²) in [4.78, 5) is 22.1. The van der Waals surface area contributed by atoms with E-state index >= 15 is 0 Å².